The van der Waals surface area contributed by atoms with Crippen molar-refractivity contribution in [2.24, 2.45) is 0 Å². The molecule has 1 aromatic rings. The minimum atomic E-state index is 0.273. The van der Waals surface area contributed by atoms with Crippen LogP contribution in [0.25, 0.3) is 0 Å². The van der Waals surface area contributed by atoms with Crippen molar-refractivity contribution < 1.29 is 0 Å². The van der Waals surface area contributed by atoms with E-state index in [1.165, 1.54) is 16.7 Å². The number of aryl methyl sites for hydroxylation is 2. The van der Waals surface area contributed by atoms with E-state index >= 15 is 0 Å². The third-order valence-electron chi connectivity index (χ3n) is 2.23. The van der Waals surface area contributed by atoms with Crippen molar-refractivity contribution in [3.63, 3.8) is 0 Å². The summed E-state index contributed by atoms with van der Waals surface area (Å²) in [5, 5.41) is 0. The zero-order chi connectivity index (χ0) is 9.35. The van der Waals surface area contributed by atoms with Crippen LogP contribution in [0.5, 0.6) is 0 Å². The molecule has 0 aromatic heterocycles. The molecule has 0 bridgehead atoms. The van der Waals surface area contributed by atoms with Gasteiger partial charge in [-0.15, -0.1) is 0 Å². The summed E-state index contributed by atoms with van der Waals surface area (Å²) in [5.74, 6) is 0. The monoisotopic (exact) mass is 162 g/mol. The number of rotatable bonds is 0. The molecule has 0 amide bonds. The van der Waals surface area contributed by atoms with Gasteiger partial charge in [-0.05, 0) is 36.0 Å². The van der Waals surface area contributed by atoms with Crippen LogP contribution in [0.2, 0.25) is 0 Å². The molecule has 0 aliphatic rings. The average Bonchev–Trinajstić information content (AvgIpc) is 1.82. The third kappa shape index (κ3) is 1.69. The predicted molar refractivity (Wildman–Crippen MR) is 54.6 cm³/mol. The van der Waals surface area contributed by atoms with Gasteiger partial charge in [0.15, 0.2) is 0 Å². The van der Waals surface area contributed by atoms with Crippen molar-refractivity contribution in [1.82, 2.24) is 0 Å². The Kier molecular flexibility index (Phi) is 2.27. The van der Waals surface area contributed by atoms with Crippen molar-refractivity contribution in [2.75, 3.05) is 0 Å². The highest BCUT2D eigenvalue weighted by Gasteiger charge is 2.17. The fourth-order valence-electron chi connectivity index (χ4n) is 2.00. The Hall–Kier alpha value is -0.780. The van der Waals surface area contributed by atoms with Gasteiger partial charge >= 0.3 is 0 Å². The van der Waals surface area contributed by atoms with Gasteiger partial charge in [0.1, 0.15) is 0 Å². The quantitative estimate of drug-likeness (QED) is 0.546. The molecule has 1 aromatic carbocycles. The Morgan fingerprint density at radius 1 is 0.917 bits per heavy atom. The minimum Gasteiger partial charge on any atom is -0.0617 e. The first kappa shape index (κ1) is 9.31. The number of hydrogen-bond acceptors (Lipinski definition) is 0. The average molecular weight is 162 g/mol. The predicted octanol–water partition coefficient (Wildman–Crippen LogP) is 3.60. The van der Waals surface area contributed by atoms with Crippen molar-refractivity contribution >= 4 is 0 Å². The van der Waals surface area contributed by atoms with Crippen LogP contribution in [0.4, 0.5) is 0 Å². The van der Waals surface area contributed by atoms with Gasteiger partial charge in [0, 0.05) is 0 Å². The normalized spacial score (nSPS) is 11.8. The fraction of sp³-hybridized carbons (Fsp3) is 0.500. The van der Waals surface area contributed by atoms with E-state index in [1.54, 1.807) is 0 Å². The van der Waals surface area contributed by atoms with Gasteiger partial charge in [-0.25, -0.2) is 0 Å². The molecule has 0 unspecified atom stereocenters. The summed E-state index contributed by atoms with van der Waals surface area (Å²) in [7, 11) is 0. The first-order valence-corrected chi connectivity index (χ1v) is 4.49. The summed E-state index contributed by atoms with van der Waals surface area (Å²) >= 11 is 0. The van der Waals surface area contributed by atoms with Crippen molar-refractivity contribution in [3.05, 3.63) is 34.9 Å². The van der Waals surface area contributed by atoms with Gasteiger partial charge < -0.3 is 0 Å². The van der Waals surface area contributed by atoms with E-state index in [9.17, 15) is 0 Å². The maximum Gasteiger partial charge on any atom is -0.0127 e. The molecular weight excluding hydrogens is 144 g/mol. The Morgan fingerprint density at radius 3 is 1.58 bits per heavy atom. The molecule has 66 valence electrons. The summed E-state index contributed by atoms with van der Waals surface area (Å²) in [5.41, 5.74) is 4.57. The SMILES string of the molecule is Cc1cccc(C)c1C(C)(C)C. The molecule has 0 spiro atoms. The summed E-state index contributed by atoms with van der Waals surface area (Å²) in [4.78, 5) is 0. The van der Waals surface area contributed by atoms with Gasteiger partial charge in [-0.1, -0.05) is 39.0 Å². The lowest BCUT2D eigenvalue weighted by Crippen LogP contribution is -2.14. The lowest BCUT2D eigenvalue weighted by Gasteiger charge is -2.23. The van der Waals surface area contributed by atoms with Crippen LogP contribution in [-0.2, 0) is 5.41 Å². The topological polar surface area (TPSA) is 0 Å². The van der Waals surface area contributed by atoms with Crippen LogP contribution in [0.3, 0.4) is 0 Å². The van der Waals surface area contributed by atoms with Gasteiger partial charge in [-0.3, -0.25) is 0 Å². The highest BCUT2D eigenvalue weighted by atomic mass is 14.2. The van der Waals surface area contributed by atoms with E-state index in [-0.39, 0.29) is 5.41 Å². The number of hydrogen-bond donors (Lipinski definition) is 0. The van der Waals surface area contributed by atoms with E-state index in [2.05, 4.69) is 52.8 Å². The summed E-state index contributed by atoms with van der Waals surface area (Å²) in [6.07, 6.45) is 0. The molecule has 0 radical (unpaired) electrons. The minimum absolute atomic E-state index is 0.273. The molecule has 0 aliphatic heterocycles. The highest BCUT2D eigenvalue weighted by molar-refractivity contribution is 5.38. The van der Waals surface area contributed by atoms with E-state index < -0.39 is 0 Å². The molecule has 0 heteroatoms. The van der Waals surface area contributed by atoms with Crippen LogP contribution in [0, 0.1) is 13.8 Å². The second-order valence-electron chi connectivity index (χ2n) is 4.52. The fourth-order valence-corrected chi connectivity index (χ4v) is 2.00. The largest absolute Gasteiger partial charge is 0.0617 e. The maximum atomic E-state index is 2.27. The molecule has 0 N–H and O–H groups in total. The lowest BCUT2D eigenvalue weighted by atomic mass is 9.81. The van der Waals surface area contributed by atoms with Gasteiger partial charge in [0.2, 0.25) is 0 Å². The number of benzene rings is 1. The second kappa shape index (κ2) is 2.93. The zero-order valence-electron chi connectivity index (χ0n) is 8.73. The van der Waals surface area contributed by atoms with Gasteiger partial charge in [0.25, 0.3) is 0 Å². The first-order chi connectivity index (χ1) is 5.43. The summed E-state index contributed by atoms with van der Waals surface area (Å²) < 4.78 is 0. The van der Waals surface area contributed by atoms with Gasteiger partial charge in [-0.2, -0.15) is 0 Å². The maximum absolute atomic E-state index is 2.27. The van der Waals surface area contributed by atoms with Crippen molar-refractivity contribution in [3.8, 4) is 0 Å². The second-order valence-corrected chi connectivity index (χ2v) is 4.52. The molecule has 0 saturated heterocycles. The van der Waals surface area contributed by atoms with Crippen LogP contribution >= 0.6 is 0 Å². The summed E-state index contributed by atoms with van der Waals surface area (Å²) in [6.45, 7) is 11.2. The molecule has 0 saturated carbocycles. The molecular formula is C12H18. The third-order valence-corrected chi connectivity index (χ3v) is 2.23. The van der Waals surface area contributed by atoms with Crippen molar-refractivity contribution in [2.45, 2.75) is 40.0 Å². The van der Waals surface area contributed by atoms with Crippen molar-refractivity contribution in [1.29, 1.82) is 0 Å². The molecule has 0 heterocycles. The lowest BCUT2D eigenvalue weighted by molar-refractivity contribution is 0.582. The molecule has 0 nitrogen and oxygen atoms in total. The Morgan fingerprint density at radius 2 is 1.33 bits per heavy atom. The van der Waals surface area contributed by atoms with E-state index in [1.807, 2.05) is 0 Å². The van der Waals surface area contributed by atoms with E-state index in [0.717, 1.165) is 0 Å². The standard InChI is InChI=1S/C12H18/c1-9-7-6-8-10(2)11(9)12(3,4)5/h6-8H,1-5H3. The molecule has 0 aliphatic carbocycles. The van der Waals surface area contributed by atoms with Crippen LogP contribution in [0.15, 0.2) is 18.2 Å². The summed E-state index contributed by atoms with van der Waals surface area (Å²) in [6, 6.07) is 6.50. The van der Waals surface area contributed by atoms with Crippen LogP contribution in [-0.4, -0.2) is 0 Å². The molecule has 0 atom stereocenters. The van der Waals surface area contributed by atoms with Crippen LogP contribution in [0.1, 0.15) is 37.5 Å². The Bertz CT molecular complexity index is 256. The van der Waals surface area contributed by atoms with Gasteiger partial charge in [0.05, 0.1) is 0 Å². The molecule has 12 heavy (non-hydrogen) atoms. The molecule has 1 rings (SSSR count). The smallest absolute Gasteiger partial charge is 0.0127 e. The highest BCUT2D eigenvalue weighted by Crippen LogP contribution is 2.28. The van der Waals surface area contributed by atoms with E-state index in [4.69, 9.17) is 0 Å². The Labute approximate surface area is 75.6 Å². The van der Waals surface area contributed by atoms with E-state index in [0.29, 0.717) is 0 Å². The zero-order valence-corrected chi connectivity index (χ0v) is 8.73. The Balaban J connectivity index is 3.31. The molecule has 0 fully saturated rings. The van der Waals surface area contributed by atoms with Crippen LogP contribution < -0.4 is 0 Å². The first-order valence-electron chi connectivity index (χ1n) is 4.49.